The quantitative estimate of drug-likeness (QED) is 0.449. The van der Waals surface area contributed by atoms with Crippen molar-refractivity contribution in [2.75, 3.05) is 0 Å². The molecule has 2 heterocycles. The van der Waals surface area contributed by atoms with Gasteiger partial charge in [0.15, 0.2) is 5.78 Å². The molecule has 0 aliphatic rings. The topological polar surface area (TPSA) is 88.9 Å². The van der Waals surface area contributed by atoms with Crippen molar-refractivity contribution in [2.24, 2.45) is 0 Å². The molecule has 0 amide bonds. The molecule has 98 valence electrons. The summed E-state index contributed by atoms with van der Waals surface area (Å²) in [5.74, 6) is -0.270. The van der Waals surface area contributed by atoms with Crippen LogP contribution < -0.4 is 0 Å². The van der Waals surface area contributed by atoms with Gasteiger partial charge in [0, 0.05) is 41.0 Å². The van der Waals surface area contributed by atoms with Gasteiger partial charge in [0.25, 0.3) is 5.69 Å². The zero-order chi connectivity index (χ0) is 14.1. The number of nitro benzene ring substituents is 1. The zero-order valence-electron chi connectivity index (χ0n) is 10.2. The Morgan fingerprint density at radius 1 is 1.25 bits per heavy atom. The number of nitrogens with one attached hydrogen (secondary N) is 1. The van der Waals surface area contributed by atoms with E-state index in [4.69, 9.17) is 0 Å². The number of aromatic nitrogens is 2. The molecule has 0 atom stereocenters. The van der Waals surface area contributed by atoms with Gasteiger partial charge in [-0.15, -0.1) is 0 Å². The molecule has 2 aromatic heterocycles. The van der Waals surface area contributed by atoms with E-state index in [1.54, 1.807) is 30.6 Å². The molecule has 0 spiro atoms. The Balaban J connectivity index is 2.08. The van der Waals surface area contributed by atoms with Gasteiger partial charge in [-0.1, -0.05) is 12.1 Å². The molecule has 1 N–H and O–H groups in total. The number of ketones is 1. The molecule has 0 aliphatic carbocycles. The minimum atomic E-state index is -0.520. The van der Waals surface area contributed by atoms with Crippen molar-refractivity contribution in [1.29, 1.82) is 0 Å². The van der Waals surface area contributed by atoms with Gasteiger partial charge in [-0.2, -0.15) is 0 Å². The number of pyridine rings is 1. The van der Waals surface area contributed by atoms with E-state index in [9.17, 15) is 14.9 Å². The Morgan fingerprint density at radius 2 is 2.10 bits per heavy atom. The van der Waals surface area contributed by atoms with Gasteiger partial charge >= 0.3 is 0 Å². The van der Waals surface area contributed by atoms with Gasteiger partial charge in [0.1, 0.15) is 5.65 Å². The third kappa shape index (κ3) is 1.93. The minimum Gasteiger partial charge on any atom is -0.345 e. The largest absolute Gasteiger partial charge is 0.345 e. The molecule has 3 aromatic rings. The van der Waals surface area contributed by atoms with Crippen LogP contribution in [0, 0.1) is 10.1 Å². The van der Waals surface area contributed by atoms with Gasteiger partial charge < -0.3 is 4.98 Å². The molecule has 0 fully saturated rings. The van der Waals surface area contributed by atoms with Crippen LogP contribution in [0.25, 0.3) is 11.0 Å². The number of fused-ring (bicyclic) bond motifs is 1. The van der Waals surface area contributed by atoms with Crippen LogP contribution in [-0.2, 0) is 0 Å². The normalized spacial score (nSPS) is 10.6. The monoisotopic (exact) mass is 267 g/mol. The lowest BCUT2D eigenvalue weighted by molar-refractivity contribution is -0.384. The fourth-order valence-corrected chi connectivity index (χ4v) is 2.06. The van der Waals surface area contributed by atoms with Crippen LogP contribution in [0.2, 0.25) is 0 Å². The lowest BCUT2D eigenvalue weighted by Crippen LogP contribution is -2.01. The number of nitrogens with zero attached hydrogens (tertiary/aromatic N) is 2. The molecule has 0 saturated carbocycles. The van der Waals surface area contributed by atoms with Crippen LogP contribution in [-0.4, -0.2) is 20.7 Å². The molecule has 6 heteroatoms. The number of hydrogen-bond acceptors (Lipinski definition) is 4. The Kier molecular flexibility index (Phi) is 2.76. The Bertz CT molecular complexity index is 823. The molecule has 1 aromatic carbocycles. The van der Waals surface area contributed by atoms with E-state index < -0.39 is 4.92 Å². The average molecular weight is 267 g/mol. The Morgan fingerprint density at radius 3 is 2.90 bits per heavy atom. The molecule has 0 aliphatic heterocycles. The van der Waals surface area contributed by atoms with E-state index in [-0.39, 0.29) is 17.0 Å². The predicted molar refractivity (Wildman–Crippen MR) is 72.6 cm³/mol. The lowest BCUT2D eigenvalue weighted by Gasteiger charge is -1.99. The van der Waals surface area contributed by atoms with E-state index in [1.165, 1.54) is 18.2 Å². The van der Waals surface area contributed by atoms with Gasteiger partial charge in [-0.25, -0.2) is 4.98 Å². The number of hydrogen-bond donors (Lipinski definition) is 1. The van der Waals surface area contributed by atoms with Crippen molar-refractivity contribution in [3.8, 4) is 0 Å². The SMILES string of the molecule is O=C(c1cccc([N+](=O)[O-])c1)c1c[nH]c2ncccc12. The van der Waals surface area contributed by atoms with Gasteiger partial charge in [-0.3, -0.25) is 14.9 Å². The number of rotatable bonds is 3. The van der Waals surface area contributed by atoms with Crippen LogP contribution in [0.5, 0.6) is 0 Å². The molecule has 0 radical (unpaired) electrons. The van der Waals surface area contributed by atoms with Crippen molar-refractivity contribution in [3.05, 3.63) is 70.0 Å². The molecule has 3 rings (SSSR count). The van der Waals surface area contributed by atoms with Crippen molar-refractivity contribution in [3.63, 3.8) is 0 Å². The van der Waals surface area contributed by atoms with Crippen LogP contribution in [0.3, 0.4) is 0 Å². The second kappa shape index (κ2) is 4.58. The van der Waals surface area contributed by atoms with Crippen molar-refractivity contribution >= 4 is 22.5 Å². The van der Waals surface area contributed by atoms with Crippen molar-refractivity contribution in [2.45, 2.75) is 0 Å². The van der Waals surface area contributed by atoms with E-state index in [1.807, 2.05) is 0 Å². The molecular weight excluding hydrogens is 258 g/mol. The number of benzene rings is 1. The second-order valence-electron chi connectivity index (χ2n) is 4.24. The summed E-state index contributed by atoms with van der Waals surface area (Å²) in [5, 5.41) is 11.5. The molecule has 0 bridgehead atoms. The zero-order valence-corrected chi connectivity index (χ0v) is 10.2. The third-order valence-electron chi connectivity index (χ3n) is 3.01. The minimum absolute atomic E-state index is 0.103. The summed E-state index contributed by atoms with van der Waals surface area (Å²) in [7, 11) is 0. The average Bonchev–Trinajstić information content (AvgIpc) is 2.90. The van der Waals surface area contributed by atoms with Crippen LogP contribution in [0.4, 0.5) is 5.69 Å². The Labute approximate surface area is 113 Å². The number of H-pyrrole nitrogens is 1. The third-order valence-corrected chi connectivity index (χ3v) is 3.01. The van der Waals surface area contributed by atoms with E-state index in [2.05, 4.69) is 9.97 Å². The van der Waals surface area contributed by atoms with E-state index in [0.717, 1.165) is 0 Å². The highest BCUT2D eigenvalue weighted by Crippen LogP contribution is 2.21. The van der Waals surface area contributed by atoms with Crippen LogP contribution in [0.15, 0.2) is 48.8 Å². The van der Waals surface area contributed by atoms with Crippen LogP contribution >= 0.6 is 0 Å². The number of aromatic amines is 1. The smallest absolute Gasteiger partial charge is 0.270 e. The maximum absolute atomic E-state index is 12.4. The summed E-state index contributed by atoms with van der Waals surface area (Å²) >= 11 is 0. The maximum Gasteiger partial charge on any atom is 0.270 e. The van der Waals surface area contributed by atoms with E-state index >= 15 is 0 Å². The summed E-state index contributed by atoms with van der Waals surface area (Å²) in [5.41, 5.74) is 1.24. The fraction of sp³-hybridized carbons (Fsp3) is 0. The highest BCUT2D eigenvalue weighted by molar-refractivity contribution is 6.16. The van der Waals surface area contributed by atoms with Crippen molar-refractivity contribution < 1.29 is 9.72 Å². The standard InChI is InChI=1S/C14H9N3O3/c18-13(9-3-1-4-10(7-9)17(19)20)12-8-16-14-11(12)5-2-6-15-14/h1-8H,(H,15,16). The highest BCUT2D eigenvalue weighted by atomic mass is 16.6. The van der Waals surface area contributed by atoms with Gasteiger partial charge in [0.05, 0.1) is 4.92 Å². The Hall–Kier alpha value is -3.02. The molecule has 0 unspecified atom stereocenters. The summed E-state index contributed by atoms with van der Waals surface area (Å²) in [4.78, 5) is 29.7. The molecular formula is C14H9N3O3. The summed E-state index contributed by atoms with van der Waals surface area (Å²) in [6, 6.07) is 9.21. The number of carbonyl (C=O) groups is 1. The van der Waals surface area contributed by atoms with E-state index in [0.29, 0.717) is 16.6 Å². The highest BCUT2D eigenvalue weighted by Gasteiger charge is 2.16. The summed E-state index contributed by atoms with van der Waals surface area (Å²) < 4.78 is 0. The summed E-state index contributed by atoms with van der Waals surface area (Å²) in [6.45, 7) is 0. The first-order valence-corrected chi connectivity index (χ1v) is 5.88. The predicted octanol–water partition coefficient (Wildman–Crippen LogP) is 2.70. The fourth-order valence-electron chi connectivity index (χ4n) is 2.06. The first kappa shape index (κ1) is 12.0. The second-order valence-corrected chi connectivity index (χ2v) is 4.24. The van der Waals surface area contributed by atoms with Gasteiger partial charge in [-0.05, 0) is 12.1 Å². The summed E-state index contributed by atoms with van der Waals surface area (Å²) in [6.07, 6.45) is 3.19. The molecule has 20 heavy (non-hydrogen) atoms. The number of carbonyl (C=O) groups excluding carboxylic acids is 1. The maximum atomic E-state index is 12.4. The first-order chi connectivity index (χ1) is 9.66. The van der Waals surface area contributed by atoms with Gasteiger partial charge in [0.2, 0.25) is 0 Å². The number of non-ortho nitro benzene ring substituents is 1. The molecule has 0 saturated heterocycles. The lowest BCUT2D eigenvalue weighted by atomic mass is 10.0. The number of nitro groups is 1. The molecule has 6 nitrogen and oxygen atoms in total. The first-order valence-electron chi connectivity index (χ1n) is 5.88. The van der Waals surface area contributed by atoms with Crippen LogP contribution in [0.1, 0.15) is 15.9 Å². The van der Waals surface area contributed by atoms with Crippen molar-refractivity contribution in [1.82, 2.24) is 9.97 Å².